The van der Waals surface area contributed by atoms with Crippen molar-refractivity contribution in [2.45, 2.75) is 51.8 Å². The first kappa shape index (κ1) is 25.1. The van der Waals surface area contributed by atoms with E-state index in [2.05, 4.69) is 25.6 Å². The van der Waals surface area contributed by atoms with E-state index in [9.17, 15) is 14.1 Å². The summed E-state index contributed by atoms with van der Waals surface area (Å²) in [6.07, 6.45) is 0. The third kappa shape index (κ3) is 4.32. The van der Waals surface area contributed by atoms with Crippen molar-refractivity contribution >= 4 is 44.5 Å². The first-order valence-electron chi connectivity index (χ1n) is 9.86. The number of pyridine rings is 1. The molecule has 2 aromatic rings. The number of carbonyl (C=O) groups is 1. The molecule has 3 atom stereocenters. The van der Waals surface area contributed by atoms with Gasteiger partial charge in [0, 0.05) is 15.6 Å². The predicted octanol–water partition coefficient (Wildman–Crippen LogP) is 5.78. The second-order valence-electron chi connectivity index (χ2n) is 9.78. The fourth-order valence-electron chi connectivity index (χ4n) is 4.00. The van der Waals surface area contributed by atoms with Crippen molar-refractivity contribution in [3.8, 4) is 11.5 Å². The molecule has 174 valence electrons. The number of benzene rings is 1. The van der Waals surface area contributed by atoms with Crippen LogP contribution in [-0.4, -0.2) is 25.0 Å². The number of nitrogens with one attached hydrogen (secondary N) is 1. The van der Waals surface area contributed by atoms with Crippen LogP contribution in [0, 0.1) is 17.3 Å². The van der Waals surface area contributed by atoms with Crippen molar-refractivity contribution in [2.24, 2.45) is 11.3 Å². The highest BCUT2D eigenvalue weighted by atomic mass is 79.9. The highest BCUT2D eigenvalue weighted by Gasteiger charge is 2.57. The molecule has 1 aromatic carbocycles. The Labute approximate surface area is 202 Å². The number of carboxylic acids is 1. The number of halogens is 3. The van der Waals surface area contributed by atoms with Gasteiger partial charge in [0.25, 0.3) is 5.95 Å². The highest BCUT2D eigenvalue weighted by molar-refractivity contribution is 9.10. The van der Waals surface area contributed by atoms with Crippen LogP contribution in [0.15, 0.2) is 28.7 Å². The summed E-state index contributed by atoms with van der Waals surface area (Å²) in [4.78, 5) is 16.5. The lowest BCUT2D eigenvalue weighted by Crippen LogP contribution is -2.59. The van der Waals surface area contributed by atoms with Gasteiger partial charge in [-0.25, -0.2) is 13.9 Å². The SMILES string of the molecule is CC(C)(C)C(C(=O)O)C1(NS(=O)C(C)(C)C)c2cc(Br)ccc2Oc2c1cc(Cl)nc2F. The van der Waals surface area contributed by atoms with E-state index in [0.717, 1.165) is 0 Å². The van der Waals surface area contributed by atoms with E-state index >= 15 is 4.39 Å². The standard InChI is InChI=1S/C22H25BrClFN2O4S/c1-20(2,3)17(19(28)29)22(27-32(30)21(4,5)6)12-9-11(23)7-8-14(12)31-16-13(22)10-15(24)26-18(16)25/h7-10,17,27H,1-6H3,(H,28,29). The van der Waals surface area contributed by atoms with Crippen molar-refractivity contribution < 1.29 is 23.2 Å². The first-order chi connectivity index (χ1) is 14.6. The number of aliphatic carboxylic acids is 1. The van der Waals surface area contributed by atoms with Crippen LogP contribution >= 0.6 is 27.5 Å². The Balaban J connectivity index is 2.54. The molecule has 0 fully saturated rings. The molecule has 0 saturated carbocycles. The lowest BCUT2D eigenvalue weighted by atomic mass is 9.62. The van der Waals surface area contributed by atoms with Crippen molar-refractivity contribution in [3.63, 3.8) is 0 Å². The Hall–Kier alpha value is -1.55. The number of aromatic nitrogens is 1. The molecule has 32 heavy (non-hydrogen) atoms. The zero-order valence-corrected chi connectivity index (χ0v) is 21.7. The summed E-state index contributed by atoms with van der Waals surface area (Å²) in [5.41, 5.74) is -1.98. The third-order valence-corrected chi connectivity index (χ3v) is 7.57. The van der Waals surface area contributed by atoms with Crippen LogP contribution in [0.25, 0.3) is 0 Å². The van der Waals surface area contributed by atoms with Gasteiger partial charge in [-0.05, 0) is 50.5 Å². The second-order valence-corrected chi connectivity index (χ2v) is 13.1. The van der Waals surface area contributed by atoms with Crippen LogP contribution in [0.1, 0.15) is 52.7 Å². The maximum Gasteiger partial charge on any atom is 0.309 e. The molecule has 3 rings (SSSR count). The smallest absolute Gasteiger partial charge is 0.309 e. The Bertz CT molecular complexity index is 1120. The van der Waals surface area contributed by atoms with Gasteiger partial charge in [-0.1, -0.05) is 48.3 Å². The Kier molecular flexibility index (Phi) is 6.54. The van der Waals surface area contributed by atoms with Crippen LogP contribution in [0.2, 0.25) is 5.15 Å². The highest BCUT2D eigenvalue weighted by Crippen LogP contribution is 2.56. The first-order valence-corrected chi connectivity index (χ1v) is 12.2. The molecule has 3 unspecified atom stereocenters. The van der Waals surface area contributed by atoms with Gasteiger partial charge in [-0.2, -0.15) is 4.39 Å². The van der Waals surface area contributed by atoms with Gasteiger partial charge in [-0.3, -0.25) is 4.79 Å². The van der Waals surface area contributed by atoms with Crippen LogP contribution in [0.3, 0.4) is 0 Å². The number of hydrogen-bond acceptors (Lipinski definition) is 4. The minimum Gasteiger partial charge on any atom is -0.481 e. The van der Waals surface area contributed by atoms with Crippen LogP contribution in [0.5, 0.6) is 11.5 Å². The minimum atomic E-state index is -1.75. The predicted molar refractivity (Wildman–Crippen MR) is 126 cm³/mol. The quantitative estimate of drug-likeness (QED) is 0.474. The monoisotopic (exact) mass is 546 g/mol. The molecule has 0 aliphatic carbocycles. The van der Waals surface area contributed by atoms with Gasteiger partial charge in [0.15, 0.2) is 5.75 Å². The summed E-state index contributed by atoms with van der Waals surface area (Å²) in [7, 11) is -1.75. The fraction of sp³-hybridized carbons (Fsp3) is 0.455. The van der Waals surface area contributed by atoms with E-state index in [-0.39, 0.29) is 22.2 Å². The number of nitrogens with zero attached hydrogens (tertiary/aromatic N) is 1. The molecule has 2 heterocycles. The van der Waals surface area contributed by atoms with Gasteiger partial charge in [0.1, 0.15) is 16.4 Å². The van der Waals surface area contributed by atoms with E-state index < -0.39 is 44.5 Å². The lowest BCUT2D eigenvalue weighted by molar-refractivity contribution is -0.149. The average molecular weight is 548 g/mol. The fourth-order valence-corrected chi connectivity index (χ4v) is 5.48. The third-order valence-electron chi connectivity index (χ3n) is 5.26. The van der Waals surface area contributed by atoms with Crippen LogP contribution < -0.4 is 9.46 Å². The summed E-state index contributed by atoms with van der Waals surface area (Å²) in [6, 6.07) is 6.37. The maximum absolute atomic E-state index is 15.0. The Morgan fingerprint density at radius 1 is 1.25 bits per heavy atom. The molecule has 0 spiro atoms. The molecule has 1 aliphatic heterocycles. The summed E-state index contributed by atoms with van der Waals surface area (Å²) >= 11 is 9.56. The normalized spacial score (nSPS) is 20.0. The molecule has 0 saturated heterocycles. The van der Waals surface area contributed by atoms with E-state index in [1.165, 1.54) is 6.07 Å². The maximum atomic E-state index is 15.0. The van der Waals surface area contributed by atoms with Crippen LogP contribution in [0.4, 0.5) is 4.39 Å². The molecule has 1 aromatic heterocycles. The summed E-state index contributed by atoms with van der Waals surface area (Å²) < 4.78 is 37.3. The summed E-state index contributed by atoms with van der Waals surface area (Å²) in [5.74, 6) is -3.35. The van der Waals surface area contributed by atoms with Crippen LogP contribution in [-0.2, 0) is 21.3 Å². The Morgan fingerprint density at radius 2 is 1.88 bits per heavy atom. The van der Waals surface area contributed by atoms with Gasteiger partial charge in [0.05, 0.1) is 21.7 Å². The molecule has 0 radical (unpaired) electrons. The van der Waals surface area contributed by atoms with E-state index in [1.807, 2.05) is 0 Å². The van der Waals surface area contributed by atoms with Crippen molar-refractivity contribution in [1.82, 2.24) is 9.71 Å². The molecular weight excluding hydrogens is 523 g/mol. The van der Waals surface area contributed by atoms with E-state index in [1.54, 1.807) is 59.7 Å². The largest absolute Gasteiger partial charge is 0.481 e. The van der Waals surface area contributed by atoms with Crippen molar-refractivity contribution in [3.05, 3.63) is 51.0 Å². The Morgan fingerprint density at radius 3 is 2.41 bits per heavy atom. The molecule has 10 heteroatoms. The number of hydrogen-bond donors (Lipinski definition) is 2. The zero-order chi connectivity index (χ0) is 24.2. The summed E-state index contributed by atoms with van der Waals surface area (Å²) in [6.45, 7) is 10.6. The molecular formula is C22H25BrClFN2O4S. The van der Waals surface area contributed by atoms with E-state index in [0.29, 0.717) is 10.0 Å². The number of fused-ring (bicyclic) bond motifs is 2. The summed E-state index contributed by atoms with van der Waals surface area (Å²) in [5, 5.41) is 10.3. The second kappa shape index (κ2) is 8.34. The number of rotatable bonds is 4. The topological polar surface area (TPSA) is 88.5 Å². The van der Waals surface area contributed by atoms with Gasteiger partial charge < -0.3 is 9.84 Å². The number of ether oxygens (including phenoxy) is 1. The van der Waals surface area contributed by atoms with E-state index in [4.69, 9.17) is 16.3 Å². The van der Waals surface area contributed by atoms with Crippen molar-refractivity contribution in [2.75, 3.05) is 0 Å². The molecule has 6 nitrogen and oxygen atoms in total. The average Bonchev–Trinajstić information content (AvgIpc) is 2.61. The van der Waals surface area contributed by atoms with Gasteiger partial charge >= 0.3 is 5.97 Å². The van der Waals surface area contributed by atoms with Gasteiger partial charge in [0.2, 0.25) is 0 Å². The molecule has 0 bridgehead atoms. The lowest BCUT2D eigenvalue weighted by Gasteiger charge is -2.48. The number of carboxylic acid groups (broad SMARTS) is 1. The molecule has 2 N–H and O–H groups in total. The van der Waals surface area contributed by atoms with Crippen molar-refractivity contribution in [1.29, 1.82) is 0 Å². The molecule has 0 amide bonds. The zero-order valence-electron chi connectivity index (χ0n) is 18.5. The minimum absolute atomic E-state index is 0.125. The van der Waals surface area contributed by atoms with Gasteiger partial charge in [-0.15, -0.1) is 0 Å². The molecule has 1 aliphatic rings.